The van der Waals surface area contributed by atoms with Gasteiger partial charge < -0.3 is 10.3 Å². The summed E-state index contributed by atoms with van der Waals surface area (Å²) in [4.78, 5) is 32.5. The molecule has 138 valence electrons. The number of H-pyrrole nitrogens is 2. The van der Waals surface area contributed by atoms with Gasteiger partial charge in [0.15, 0.2) is 5.65 Å². The highest BCUT2D eigenvalue weighted by molar-refractivity contribution is 5.94. The van der Waals surface area contributed by atoms with Crippen LogP contribution in [-0.2, 0) is 0 Å². The molecule has 2 atom stereocenters. The Hall–Kier alpha value is -3.42. The molecule has 0 aliphatic rings. The molecule has 0 spiro atoms. The Kier molecular flexibility index (Phi) is 4.23. The first-order valence-electron chi connectivity index (χ1n) is 8.89. The largest absolute Gasteiger partial charge is 0.347 e. The average Bonchev–Trinajstić information content (AvgIpc) is 3.28. The van der Waals surface area contributed by atoms with E-state index in [1.807, 2.05) is 24.3 Å². The Morgan fingerprint density at radius 1 is 1.26 bits per heavy atom. The van der Waals surface area contributed by atoms with Crippen LogP contribution >= 0.6 is 0 Å². The molecule has 3 heterocycles. The number of para-hydroxylation sites is 2. The van der Waals surface area contributed by atoms with Gasteiger partial charge in [-0.05, 0) is 30.2 Å². The molecular formula is C19H20N6O2. The first kappa shape index (κ1) is 17.0. The molecule has 0 radical (unpaired) electrons. The quantitative estimate of drug-likeness (QED) is 0.505. The zero-order valence-electron chi connectivity index (χ0n) is 15.1. The van der Waals surface area contributed by atoms with Crippen LogP contribution in [0.1, 0.15) is 42.5 Å². The predicted molar refractivity (Wildman–Crippen MR) is 102 cm³/mol. The van der Waals surface area contributed by atoms with Crippen molar-refractivity contribution in [2.24, 2.45) is 5.92 Å². The summed E-state index contributed by atoms with van der Waals surface area (Å²) in [6, 6.07) is 10.8. The van der Waals surface area contributed by atoms with Crippen molar-refractivity contribution in [3.8, 4) is 0 Å². The smallest absolute Gasteiger partial charge is 0.342 e. The highest BCUT2D eigenvalue weighted by Crippen LogP contribution is 2.25. The molecule has 0 aliphatic heterocycles. The van der Waals surface area contributed by atoms with E-state index in [9.17, 15) is 9.59 Å². The summed E-state index contributed by atoms with van der Waals surface area (Å²) >= 11 is 0. The lowest BCUT2D eigenvalue weighted by molar-refractivity contribution is 0.0920. The Bertz CT molecular complexity index is 1140. The summed E-state index contributed by atoms with van der Waals surface area (Å²) in [6.45, 7) is 4.14. The van der Waals surface area contributed by atoms with Crippen molar-refractivity contribution >= 4 is 22.6 Å². The summed E-state index contributed by atoms with van der Waals surface area (Å²) in [5.41, 5.74) is 2.26. The van der Waals surface area contributed by atoms with Crippen molar-refractivity contribution in [2.75, 3.05) is 0 Å². The minimum Gasteiger partial charge on any atom is -0.342 e. The molecule has 0 saturated heterocycles. The highest BCUT2D eigenvalue weighted by Gasteiger charge is 2.24. The van der Waals surface area contributed by atoms with Crippen LogP contribution < -0.4 is 11.0 Å². The van der Waals surface area contributed by atoms with Crippen molar-refractivity contribution in [3.63, 3.8) is 0 Å². The van der Waals surface area contributed by atoms with Crippen LogP contribution in [0.3, 0.4) is 0 Å². The predicted octanol–water partition coefficient (Wildman–Crippen LogP) is 2.42. The number of carbonyl (C=O) groups is 1. The lowest BCUT2D eigenvalue weighted by atomic mass is 9.98. The number of carbonyl (C=O) groups excluding carboxylic acids is 1. The number of pyridine rings is 1. The van der Waals surface area contributed by atoms with E-state index in [4.69, 9.17) is 0 Å². The van der Waals surface area contributed by atoms with Gasteiger partial charge in [0, 0.05) is 6.20 Å². The summed E-state index contributed by atoms with van der Waals surface area (Å²) < 4.78 is 1.31. The standard InChI is InChI=1S/C19H20N6O2/c1-3-11(2)16(17-20-13-6-4-5-7-14(13)21-17)22-18(26)12-8-9-15-23-24-19(27)25(15)10-12/h4-11,16H,3H2,1-2H3,(H,20,21)(H,22,26)(H,24,27)/t11-,16+/m1/s1. The number of benzene rings is 1. The molecule has 0 bridgehead atoms. The van der Waals surface area contributed by atoms with E-state index >= 15 is 0 Å². The second-order valence-corrected chi connectivity index (χ2v) is 6.65. The van der Waals surface area contributed by atoms with Crippen molar-refractivity contribution in [3.05, 3.63) is 64.5 Å². The van der Waals surface area contributed by atoms with Gasteiger partial charge in [0.25, 0.3) is 5.91 Å². The van der Waals surface area contributed by atoms with E-state index in [2.05, 4.69) is 39.3 Å². The molecule has 4 aromatic rings. The molecule has 8 nitrogen and oxygen atoms in total. The average molecular weight is 364 g/mol. The van der Waals surface area contributed by atoms with Crippen LogP contribution in [0.4, 0.5) is 0 Å². The Morgan fingerprint density at radius 2 is 2.07 bits per heavy atom. The zero-order valence-corrected chi connectivity index (χ0v) is 15.1. The first-order valence-corrected chi connectivity index (χ1v) is 8.89. The molecule has 4 rings (SSSR count). The number of amides is 1. The minimum atomic E-state index is -0.379. The number of rotatable bonds is 5. The van der Waals surface area contributed by atoms with E-state index in [0.29, 0.717) is 11.2 Å². The molecular weight excluding hydrogens is 344 g/mol. The molecule has 1 amide bonds. The summed E-state index contributed by atoms with van der Waals surface area (Å²) in [5, 5.41) is 9.29. The summed E-state index contributed by atoms with van der Waals surface area (Å²) in [5.74, 6) is 0.631. The molecule has 1 aromatic carbocycles. The van der Waals surface area contributed by atoms with Gasteiger partial charge in [0.05, 0.1) is 22.6 Å². The van der Waals surface area contributed by atoms with Gasteiger partial charge in [-0.3, -0.25) is 4.79 Å². The van der Waals surface area contributed by atoms with Gasteiger partial charge in [-0.15, -0.1) is 0 Å². The number of hydrogen-bond acceptors (Lipinski definition) is 4. The van der Waals surface area contributed by atoms with Crippen LogP contribution in [0.15, 0.2) is 47.4 Å². The van der Waals surface area contributed by atoms with Gasteiger partial charge in [0.2, 0.25) is 0 Å². The Labute approximate surface area is 154 Å². The van der Waals surface area contributed by atoms with Gasteiger partial charge in [-0.25, -0.2) is 19.3 Å². The van der Waals surface area contributed by atoms with Crippen LogP contribution in [0.5, 0.6) is 0 Å². The molecule has 3 N–H and O–H groups in total. The number of nitrogens with one attached hydrogen (secondary N) is 3. The fourth-order valence-corrected chi connectivity index (χ4v) is 3.10. The van der Waals surface area contributed by atoms with Crippen LogP contribution in [0, 0.1) is 5.92 Å². The number of hydrogen-bond donors (Lipinski definition) is 3. The second kappa shape index (κ2) is 6.71. The number of fused-ring (bicyclic) bond motifs is 2. The lowest BCUT2D eigenvalue weighted by Crippen LogP contribution is -2.33. The Morgan fingerprint density at radius 3 is 2.85 bits per heavy atom. The highest BCUT2D eigenvalue weighted by atomic mass is 16.2. The molecule has 0 saturated carbocycles. The van der Waals surface area contributed by atoms with E-state index in [1.165, 1.54) is 10.6 Å². The molecule has 0 unspecified atom stereocenters. The van der Waals surface area contributed by atoms with Gasteiger partial charge in [-0.1, -0.05) is 32.4 Å². The number of imidazole rings is 1. The Balaban J connectivity index is 1.67. The maximum Gasteiger partial charge on any atom is 0.347 e. The number of aromatic nitrogens is 5. The number of nitrogens with zero attached hydrogens (tertiary/aromatic N) is 3. The SMILES string of the molecule is CC[C@@H](C)[C@H](NC(=O)c1ccc2n[nH]c(=O)n2c1)c1nc2ccccc2[nH]1. The third kappa shape index (κ3) is 3.10. The van der Waals surface area contributed by atoms with Crippen LogP contribution in [-0.4, -0.2) is 30.5 Å². The van der Waals surface area contributed by atoms with Gasteiger partial charge >= 0.3 is 5.69 Å². The van der Waals surface area contributed by atoms with E-state index in [1.54, 1.807) is 12.1 Å². The topological polar surface area (TPSA) is 108 Å². The van der Waals surface area contributed by atoms with E-state index < -0.39 is 0 Å². The fourth-order valence-electron chi connectivity index (χ4n) is 3.10. The van der Waals surface area contributed by atoms with E-state index in [0.717, 1.165) is 23.3 Å². The molecule has 3 aromatic heterocycles. The molecule has 8 heteroatoms. The van der Waals surface area contributed by atoms with Crippen LogP contribution in [0.25, 0.3) is 16.7 Å². The maximum absolute atomic E-state index is 12.8. The van der Waals surface area contributed by atoms with E-state index in [-0.39, 0.29) is 23.6 Å². The van der Waals surface area contributed by atoms with Crippen molar-refractivity contribution in [1.82, 2.24) is 29.9 Å². The zero-order chi connectivity index (χ0) is 19.0. The van der Waals surface area contributed by atoms with Gasteiger partial charge in [-0.2, -0.15) is 5.10 Å². The maximum atomic E-state index is 12.8. The molecule has 27 heavy (non-hydrogen) atoms. The lowest BCUT2D eigenvalue weighted by Gasteiger charge is -2.22. The molecule has 0 fully saturated rings. The first-order chi connectivity index (χ1) is 13.1. The van der Waals surface area contributed by atoms with Crippen molar-refractivity contribution in [1.29, 1.82) is 0 Å². The second-order valence-electron chi connectivity index (χ2n) is 6.65. The minimum absolute atomic E-state index is 0.176. The monoisotopic (exact) mass is 364 g/mol. The van der Waals surface area contributed by atoms with Crippen molar-refractivity contribution < 1.29 is 4.79 Å². The third-order valence-corrected chi connectivity index (χ3v) is 4.88. The van der Waals surface area contributed by atoms with Gasteiger partial charge in [0.1, 0.15) is 5.82 Å². The fraction of sp³-hybridized carbons (Fsp3) is 0.263. The third-order valence-electron chi connectivity index (χ3n) is 4.88. The van der Waals surface area contributed by atoms with Crippen LogP contribution in [0.2, 0.25) is 0 Å². The van der Waals surface area contributed by atoms with Crippen molar-refractivity contribution in [2.45, 2.75) is 26.3 Å². The molecule has 0 aliphatic carbocycles. The normalized spacial score (nSPS) is 13.7. The summed E-state index contributed by atoms with van der Waals surface area (Å²) in [7, 11) is 0. The summed E-state index contributed by atoms with van der Waals surface area (Å²) in [6.07, 6.45) is 2.37. The number of aromatic amines is 2.